The first kappa shape index (κ1) is 15.0. The number of carbonyl (C=O) groups excluding carboxylic acids is 1. The molecule has 0 radical (unpaired) electrons. The molecule has 23 heavy (non-hydrogen) atoms. The zero-order valence-corrected chi connectivity index (χ0v) is 13.2. The first-order valence-electron chi connectivity index (χ1n) is 7.11. The van der Waals surface area contributed by atoms with E-state index in [1.165, 1.54) is 11.3 Å². The molecule has 3 rings (SSSR count). The van der Waals surface area contributed by atoms with Crippen LogP contribution in [0.1, 0.15) is 10.4 Å². The maximum atomic E-state index is 12.3. The summed E-state index contributed by atoms with van der Waals surface area (Å²) in [4.78, 5) is 17.1. The predicted octanol–water partition coefficient (Wildman–Crippen LogP) is 3.59. The molecule has 0 N–H and O–H groups in total. The summed E-state index contributed by atoms with van der Waals surface area (Å²) in [7, 11) is 0. The van der Waals surface area contributed by atoms with Gasteiger partial charge in [-0.2, -0.15) is 4.99 Å². The standard InChI is InChI=1S/C19H14N2OS/c1-2-13-21-17(15-9-5-3-6-10-15)14-23-19(21)20-18(22)16-11-7-4-8-12-16/h1,3-12,14H,13H2/b20-19-. The third-order valence-corrected chi connectivity index (χ3v) is 4.20. The quantitative estimate of drug-likeness (QED) is 0.680. The van der Waals surface area contributed by atoms with Crippen molar-refractivity contribution < 1.29 is 4.79 Å². The highest BCUT2D eigenvalue weighted by molar-refractivity contribution is 7.07. The summed E-state index contributed by atoms with van der Waals surface area (Å²) in [6.07, 6.45) is 5.48. The first-order valence-corrected chi connectivity index (χ1v) is 7.99. The summed E-state index contributed by atoms with van der Waals surface area (Å²) in [5.74, 6) is 2.37. The molecule has 3 aromatic rings. The monoisotopic (exact) mass is 318 g/mol. The van der Waals surface area contributed by atoms with Crippen molar-refractivity contribution in [2.75, 3.05) is 0 Å². The minimum absolute atomic E-state index is 0.266. The Morgan fingerprint density at radius 3 is 2.39 bits per heavy atom. The molecule has 3 nitrogen and oxygen atoms in total. The van der Waals surface area contributed by atoms with Crippen molar-refractivity contribution in [3.05, 3.63) is 76.4 Å². The molecule has 0 spiro atoms. The fourth-order valence-corrected chi connectivity index (χ4v) is 3.14. The number of carbonyl (C=O) groups is 1. The van der Waals surface area contributed by atoms with Gasteiger partial charge in [-0.3, -0.25) is 4.79 Å². The lowest BCUT2D eigenvalue weighted by Crippen LogP contribution is -2.17. The molecular weight excluding hydrogens is 304 g/mol. The topological polar surface area (TPSA) is 34.4 Å². The van der Waals surface area contributed by atoms with E-state index in [1.807, 2.05) is 58.5 Å². The van der Waals surface area contributed by atoms with Crippen LogP contribution in [0.25, 0.3) is 11.3 Å². The van der Waals surface area contributed by atoms with E-state index in [9.17, 15) is 4.79 Å². The van der Waals surface area contributed by atoms with Gasteiger partial charge in [0.05, 0.1) is 12.2 Å². The largest absolute Gasteiger partial charge is 0.305 e. The third kappa shape index (κ3) is 3.31. The Kier molecular flexibility index (Phi) is 4.51. The molecule has 2 aromatic carbocycles. The molecule has 0 bridgehead atoms. The third-order valence-electron chi connectivity index (χ3n) is 3.33. The maximum absolute atomic E-state index is 12.3. The lowest BCUT2D eigenvalue weighted by atomic mass is 10.2. The molecule has 0 unspecified atom stereocenters. The van der Waals surface area contributed by atoms with Gasteiger partial charge >= 0.3 is 0 Å². The van der Waals surface area contributed by atoms with Gasteiger partial charge in [0.1, 0.15) is 0 Å². The molecule has 1 heterocycles. The van der Waals surface area contributed by atoms with E-state index in [0.717, 1.165) is 11.3 Å². The summed E-state index contributed by atoms with van der Waals surface area (Å²) in [6, 6.07) is 18.9. The van der Waals surface area contributed by atoms with Crippen LogP contribution in [0.3, 0.4) is 0 Å². The number of hydrogen-bond acceptors (Lipinski definition) is 2. The number of benzene rings is 2. The van der Waals surface area contributed by atoms with Crippen LogP contribution in [0.4, 0.5) is 0 Å². The normalized spacial score (nSPS) is 11.2. The van der Waals surface area contributed by atoms with Crippen LogP contribution in [-0.4, -0.2) is 10.5 Å². The number of nitrogens with zero attached hydrogens (tertiary/aromatic N) is 2. The molecule has 0 saturated carbocycles. The predicted molar refractivity (Wildman–Crippen MR) is 92.9 cm³/mol. The van der Waals surface area contributed by atoms with E-state index in [-0.39, 0.29) is 5.91 Å². The SMILES string of the molecule is C#CCn1c(-c2ccccc2)cs/c1=N\C(=O)c1ccccc1. The smallest absolute Gasteiger partial charge is 0.279 e. The Morgan fingerprint density at radius 1 is 1.09 bits per heavy atom. The van der Waals surface area contributed by atoms with Crippen LogP contribution in [0, 0.1) is 12.3 Å². The van der Waals surface area contributed by atoms with Crippen molar-refractivity contribution >= 4 is 17.2 Å². The van der Waals surface area contributed by atoms with E-state index >= 15 is 0 Å². The second kappa shape index (κ2) is 6.91. The van der Waals surface area contributed by atoms with Gasteiger partial charge < -0.3 is 4.57 Å². The second-order valence-corrected chi connectivity index (χ2v) is 5.68. The summed E-state index contributed by atoms with van der Waals surface area (Å²) >= 11 is 1.41. The number of rotatable bonds is 3. The average molecular weight is 318 g/mol. The van der Waals surface area contributed by atoms with Gasteiger partial charge in [-0.05, 0) is 17.7 Å². The number of thiazole rings is 1. The molecule has 1 amide bonds. The van der Waals surface area contributed by atoms with E-state index < -0.39 is 0 Å². The fourth-order valence-electron chi connectivity index (χ4n) is 2.23. The number of terminal acetylenes is 1. The Morgan fingerprint density at radius 2 is 1.74 bits per heavy atom. The molecule has 4 heteroatoms. The Labute approximate surface area is 138 Å². The molecule has 0 aliphatic rings. The van der Waals surface area contributed by atoms with Gasteiger partial charge in [-0.25, -0.2) is 0 Å². The van der Waals surface area contributed by atoms with E-state index in [2.05, 4.69) is 10.9 Å². The molecular formula is C19H14N2OS. The Hall–Kier alpha value is -2.90. The zero-order valence-electron chi connectivity index (χ0n) is 12.3. The summed E-state index contributed by atoms with van der Waals surface area (Å²) in [5, 5.41) is 1.98. The number of aromatic nitrogens is 1. The van der Waals surface area contributed by atoms with Crippen LogP contribution in [0.5, 0.6) is 0 Å². The van der Waals surface area contributed by atoms with Crippen molar-refractivity contribution in [3.63, 3.8) is 0 Å². The minimum Gasteiger partial charge on any atom is -0.305 e. The summed E-state index contributed by atoms with van der Waals surface area (Å²) in [6.45, 7) is 0.370. The van der Waals surface area contributed by atoms with Crippen LogP contribution in [0.2, 0.25) is 0 Å². The lowest BCUT2D eigenvalue weighted by molar-refractivity contribution is 0.0998. The van der Waals surface area contributed by atoms with Crippen molar-refractivity contribution in [1.29, 1.82) is 0 Å². The molecule has 1 aromatic heterocycles. The van der Waals surface area contributed by atoms with Gasteiger partial charge in [0.15, 0.2) is 4.80 Å². The van der Waals surface area contributed by atoms with Gasteiger partial charge in [-0.15, -0.1) is 17.8 Å². The summed E-state index contributed by atoms with van der Waals surface area (Å²) in [5.41, 5.74) is 2.58. The molecule has 112 valence electrons. The fraction of sp³-hybridized carbons (Fsp3) is 0.0526. The van der Waals surface area contributed by atoms with E-state index in [4.69, 9.17) is 6.42 Å². The zero-order chi connectivity index (χ0) is 16.1. The van der Waals surface area contributed by atoms with Gasteiger partial charge in [0.25, 0.3) is 5.91 Å². The molecule has 0 atom stereocenters. The highest BCUT2D eigenvalue weighted by Crippen LogP contribution is 2.19. The highest BCUT2D eigenvalue weighted by Gasteiger charge is 2.09. The van der Waals surface area contributed by atoms with Gasteiger partial charge in [0.2, 0.25) is 0 Å². The van der Waals surface area contributed by atoms with Gasteiger partial charge in [0, 0.05) is 10.9 Å². The Balaban J connectivity index is 2.07. The van der Waals surface area contributed by atoms with Crippen molar-refractivity contribution in [2.45, 2.75) is 6.54 Å². The molecule has 0 aliphatic carbocycles. The van der Waals surface area contributed by atoms with E-state index in [1.54, 1.807) is 12.1 Å². The van der Waals surface area contributed by atoms with E-state index in [0.29, 0.717) is 16.9 Å². The van der Waals surface area contributed by atoms with Crippen LogP contribution in [-0.2, 0) is 6.54 Å². The van der Waals surface area contributed by atoms with Crippen LogP contribution < -0.4 is 4.80 Å². The maximum Gasteiger partial charge on any atom is 0.279 e. The summed E-state index contributed by atoms with van der Waals surface area (Å²) < 4.78 is 1.89. The van der Waals surface area contributed by atoms with Crippen LogP contribution >= 0.6 is 11.3 Å². The number of hydrogen-bond donors (Lipinski definition) is 0. The van der Waals surface area contributed by atoms with Crippen molar-refractivity contribution in [3.8, 4) is 23.6 Å². The minimum atomic E-state index is -0.266. The van der Waals surface area contributed by atoms with Gasteiger partial charge in [-0.1, -0.05) is 54.5 Å². The molecule has 0 fully saturated rings. The Bertz CT molecular complexity index is 915. The first-order chi connectivity index (χ1) is 11.3. The van der Waals surface area contributed by atoms with Crippen molar-refractivity contribution in [1.82, 2.24) is 4.57 Å². The molecule has 0 aliphatic heterocycles. The number of amides is 1. The second-order valence-electron chi connectivity index (χ2n) is 4.84. The van der Waals surface area contributed by atoms with Crippen LogP contribution in [0.15, 0.2) is 71.0 Å². The average Bonchev–Trinajstić information content (AvgIpc) is 2.99. The lowest BCUT2D eigenvalue weighted by Gasteiger charge is -2.05. The highest BCUT2D eigenvalue weighted by atomic mass is 32.1. The molecule has 0 saturated heterocycles. The van der Waals surface area contributed by atoms with Crippen molar-refractivity contribution in [2.24, 2.45) is 4.99 Å².